The Morgan fingerprint density at radius 1 is 1.50 bits per heavy atom. The number of rotatable bonds is 6. The van der Waals surface area contributed by atoms with Crippen LogP contribution in [-0.2, 0) is 15.3 Å². The summed E-state index contributed by atoms with van der Waals surface area (Å²) >= 11 is 1.65. The van der Waals surface area contributed by atoms with Crippen molar-refractivity contribution in [2.24, 2.45) is 5.73 Å². The van der Waals surface area contributed by atoms with Gasteiger partial charge in [-0.25, -0.2) is 0 Å². The van der Waals surface area contributed by atoms with Crippen molar-refractivity contribution in [2.45, 2.75) is 32.1 Å². The molecule has 0 amide bonds. The van der Waals surface area contributed by atoms with Crippen molar-refractivity contribution < 1.29 is 9.53 Å². The highest BCUT2D eigenvalue weighted by Crippen LogP contribution is 2.18. The predicted molar refractivity (Wildman–Crippen MR) is 76.6 cm³/mol. The summed E-state index contributed by atoms with van der Waals surface area (Å²) in [5, 5.41) is 0. The third-order valence-electron chi connectivity index (χ3n) is 2.49. The Morgan fingerprint density at radius 3 is 2.83 bits per heavy atom. The van der Waals surface area contributed by atoms with Crippen LogP contribution in [0.1, 0.15) is 25.0 Å². The number of aryl methyl sites for hydroxylation is 1. The van der Waals surface area contributed by atoms with Gasteiger partial charge in [0, 0.05) is 11.5 Å². The minimum atomic E-state index is -0.912. The van der Waals surface area contributed by atoms with Gasteiger partial charge in [0.15, 0.2) is 0 Å². The van der Waals surface area contributed by atoms with Crippen LogP contribution >= 0.6 is 11.8 Å². The molecule has 0 spiro atoms. The van der Waals surface area contributed by atoms with E-state index < -0.39 is 5.54 Å². The molecule has 0 aliphatic rings. The first-order valence-electron chi connectivity index (χ1n) is 6.05. The molecule has 1 aromatic carbocycles. The molecule has 1 rings (SSSR count). The van der Waals surface area contributed by atoms with Crippen LogP contribution in [0.15, 0.2) is 24.3 Å². The predicted octanol–water partition coefficient (Wildman–Crippen LogP) is 2.51. The summed E-state index contributed by atoms with van der Waals surface area (Å²) in [6.45, 7) is 5.94. The van der Waals surface area contributed by atoms with E-state index in [1.807, 2.05) is 6.07 Å². The molecule has 0 saturated heterocycles. The van der Waals surface area contributed by atoms with Gasteiger partial charge in [-0.15, -0.1) is 0 Å². The molecular weight excluding hydrogens is 246 g/mol. The van der Waals surface area contributed by atoms with Crippen LogP contribution in [0.5, 0.6) is 0 Å². The molecule has 0 heterocycles. The highest BCUT2D eigenvalue weighted by molar-refractivity contribution is 7.98. The van der Waals surface area contributed by atoms with Crippen LogP contribution in [0.25, 0.3) is 0 Å². The first-order chi connectivity index (χ1) is 8.45. The second-order valence-corrected chi connectivity index (χ2v) is 5.61. The smallest absolute Gasteiger partial charge is 0.326 e. The molecule has 0 bridgehead atoms. The normalized spacial score (nSPS) is 14.0. The van der Waals surface area contributed by atoms with Crippen molar-refractivity contribution in [1.29, 1.82) is 0 Å². The molecule has 1 atom stereocenters. The Kier molecular flexibility index (Phi) is 5.69. The average Bonchev–Trinajstić information content (AvgIpc) is 2.29. The third-order valence-corrected chi connectivity index (χ3v) is 3.84. The summed E-state index contributed by atoms with van der Waals surface area (Å²) in [7, 11) is 0. The molecule has 0 saturated carbocycles. The monoisotopic (exact) mass is 267 g/mol. The number of benzene rings is 1. The lowest BCUT2D eigenvalue weighted by Crippen LogP contribution is -2.48. The van der Waals surface area contributed by atoms with Crippen molar-refractivity contribution in [3.8, 4) is 0 Å². The standard InChI is InChI=1S/C14H21NO2S/c1-4-17-13(16)14(3,15)10-18-9-12-7-5-6-11(2)8-12/h5-8H,4,9-10,15H2,1-3H3. The number of ether oxygens (including phenoxy) is 1. The van der Waals surface area contributed by atoms with E-state index in [0.717, 1.165) is 5.75 Å². The second-order valence-electron chi connectivity index (χ2n) is 4.62. The number of esters is 1. The van der Waals surface area contributed by atoms with Crippen molar-refractivity contribution in [3.63, 3.8) is 0 Å². The van der Waals surface area contributed by atoms with E-state index in [-0.39, 0.29) is 5.97 Å². The van der Waals surface area contributed by atoms with E-state index in [1.165, 1.54) is 11.1 Å². The molecule has 1 aromatic rings. The van der Waals surface area contributed by atoms with Gasteiger partial charge in [-0.05, 0) is 26.3 Å². The van der Waals surface area contributed by atoms with E-state index in [2.05, 4.69) is 25.1 Å². The zero-order valence-electron chi connectivity index (χ0n) is 11.2. The molecule has 18 heavy (non-hydrogen) atoms. The zero-order valence-corrected chi connectivity index (χ0v) is 12.0. The number of hydrogen-bond donors (Lipinski definition) is 1. The molecule has 2 N–H and O–H groups in total. The summed E-state index contributed by atoms with van der Waals surface area (Å²) in [6.07, 6.45) is 0. The van der Waals surface area contributed by atoms with Crippen LogP contribution in [0.4, 0.5) is 0 Å². The van der Waals surface area contributed by atoms with Crippen LogP contribution in [0.3, 0.4) is 0 Å². The SMILES string of the molecule is CCOC(=O)C(C)(N)CSCc1cccc(C)c1. The number of carbonyl (C=O) groups excluding carboxylic acids is 1. The first kappa shape index (κ1) is 15.1. The summed E-state index contributed by atoms with van der Waals surface area (Å²) in [4.78, 5) is 11.6. The topological polar surface area (TPSA) is 52.3 Å². The maximum Gasteiger partial charge on any atom is 0.326 e. The molecule has 3 nitrogen and oxygen atoms in total. The fraction of sp³-hybridized carbons (Fsp3) is 0.500. The van der Waals surface area contributed by atoms with Crippen LogP contribution in [0, 0.1) is 6.92 Å². The molecule has 4 heteroatoms. The lowest BCUT2D eigenvalue weighted by Gasteiger charge is -2.21. The van der Waals surface area contributed by atoms with E-state index in [0.29, 0.717) is 12.4 Å². The first-order valence-corrected chi connectivity index (χ1v) is 7.20. The van der Waals surface area contributed by atoms with Gasteiger partial charge >= 0.3 is 5.97 Å². The van der Waals surface area contributed by atoms with Gasteiger partial charge in [-0.2, -0.15) is 11.8 Å². The third kappa shape index (κ3) is 4.70. The van der Waals surface area contributed by atoms with Crippen molar-refractivity contribution >= 4 is 17.7 Å². The number of hydrogen-bond acceptors (Lipinski definition) is 4. The summed E-state index contributed by atoms with van der Waals surface area (Å²) in [5.74, 6) is 1.08. The molecule has 0 aromatic heterocycles. The Hall–Kier alpha value is -1.00. The minimum Gasteiger partial charge on any atom is -0.465 e. The van der Waals surface area contributed by atoms with E-state index >= 15 is 0 Å². The Bertz CT molecular complexity index is 405. The van der Waals surface area contributed by atoms with Gasteiger partial charge in [-0.3, -0.25) is 4.79 Å². The minimum absolute atomic E-state index is 0.332. The summed E-state index contributed by atoms with van der Waals surface area (Å²) in [6, 6.07) is 8.33. The molecule has 100 valence electrons. The average molecular weight is 267 g/mol. The number of carbonyl (C=O) groups is 1. The highest BCUT2D eigenvalue weighted by atomic mass is 32.2. The van der Waals surface area contributed by atoms with Crippen LogP contribution < -0.4 is 5.73 Å². The summed E-state index contributed by atoms with van der Waals surface area (Å²) in [5.41, 5.74) is 7.53. The zero-order chi connectivity index (χ0) is 13.6. The molecule has 0 aliphatic heterocycles. The lowest BCUT2D eigenvalue weighted by atomic mass is 10.1. The van der Waals surface area contributed by atoms with Gasteiger partial charge in [0.1, 0.15) is 5.54 Å². The number of thioether (sulfide) groups is 1. The lowest BCUT2D eigenvalue weighted by molar-refractivity contribution is -0.148. The maximum absolute atomic E-state index is 11.6. The van der Waals surface area contributed by atoms with E-state index in [9.17, 15) is 4.79 Å². The Balaban J connectivity index is 2.43. The molecular formula is C14H21NO2S. The van der Waals surface area contributed by atoms with Gasteiger partial charge in [-0.1, -0.05) is 29.8 Å². The van der Waals surface area contributed by atoms with Crippen molar-refractivity contribution in [3.05, 3.63) is 35.4 Å². The van der Waals surface area contributed by atoms with E-state index in [4.69, 9.17) is 10.5 Å². The molecule has 0 aliphatic carbocycles. The second kappa shape index (κ2) is 6.81. The summed E-state index contributed by atoms with van der Waals surface area (Å²) < 4.78 is 4.95. The van der Waals surface area contributed by atoms with Gasteiger partial charge in [0.05, 0.1) is 6.61 Å². The van der Waals surface area contributed by atoms with Crippen molar-refractivity contribution in [1.82, 2.24) is 0 Å². The van der Waals surface area contributed by atoms with Gasteiger partial charge in [0.2, 0.25) is 0 Å². The Morgan fingerprint density at radius 2 is 2.22 bits per heavy atom. The molecule has 0 fully saturated rings. The van der Waals surface area contributed by atoms with Crippen LogP contribution in [0.2, 0.25) is 0 Å². The highest BCUT2D eigenvalue weighted by Gasteiger charge is 2.29. The quantitative estimate of drug-likeness (QED) is 0.805. The van der Waals surface area contributed by atoms with Gasteiger partial charge in [0.25, 0.3) is 0 Å². The largest absolute Gasteiger partial charge is 0.465 e. The fourth-order valence-electron chi connectivity index (χ4n) is 1.54. The molecule has 0 radical (unpaired) electrons. The number of nitrogens with two attached hydrogens (primary N) is 1. The Labute approximate surface area is 113 Å². The van der Waals surface area contributed by atoms with Crippen LogP contribution in [-0.4, -0.2) is 23.9 Å². The van der Waals surface area contributed by atoms with Gasteiger partial charge < -0.3 is 10.5 Å². The maximum atomic E-state index is 11.6. The van der Waals surface area contributed by atoms with Crippen molar-refractivity contribution in [2.75, 3.05) is 12.4 Å². The van der Waals surface area contributed by atoms with E-state index in [1.54, 1.807) is 25.6 Å². The fourth-order valence-corrected chi connectivity index (χ4v) is 2.60. The molecule has 1 unspecified atom stereocenters.